The number of carbonyl (C=O) groups excluding carboxylic acids is 1. The maximum absolute atomic E-state index is 12.2. The SMILES string of the molecule is CCCCCc1ccc(NC(=O)C(N)C2CCOCC2)cc1. The Bertz CT molecular complexity index is 453. The monoisotopic (exact) mass is 304 g/mol. The highest BCUT2D eigenvalue weighted by Crippen LogP contribution is 2.19. The third kappa shape index (κ3) is 5.11. The molecule has 0 saturated carbocycles. The Hall–Kier alpha value is -1.39. The summed E-state index contributed by atoms with van der Waals surface area (Å²) >= 11 is 0. The van der Waals surface area contributed by atoms with E-state index in [0.29, 0.717) is 13.2 Å². The van der Waals surface area contributed by atoms with Crippen molar-refractivity contribution in [1.29, 1.82) is 0 Å². The molecule has 1 atom stereocenters. The van der Waals surface area contributed by atoms with Crippen molar-refractivity contribution in [3.63, 3.8) is 0 Å². The summed E-state index contributed by atoms with van der Waals surface area (Å²) in [6, 6.07) is 7.66. The van der Waals surface area contributed by atoms with Gasteiger partial charge in [-0.2, -0.15) is 0 Å². The van der Waals surface area contributed by atoms with Gasteiger partial charge in [0, 0.05) is 18.9 Å². The Labute approximate surface area is 133 Å². The Balaban J connectivity index is 1.82. The molecule has 122 valence electrons. The number of unbranched alkanes of at least 4 members (excludes halogenated alkanes) is 2. The zero-order valence-corrected chi connectivity index (χ0v) is 13.5. The quantitative estimate of drug-likeness (QED) is 0.761. The van der Waals surface area contributed by atoms with Gasteiger partial charge in [0.25, 0.3) is 0 Å². The lowest BCUT2D eigenvalue weighted by Crippen LogP contribution is -2.43. The van der Waals surface area contributed by atoms with Gasteiger partial charge in [0.1, 0.15) is 0 Å². The summed E-state index contributed by atoms with van der Waals surface area (Å²) in [6.45, 7) is 3.62. The fourth-order valence-corrected chi connectivity index (χ4v) is 2.85. The third-order valence-corrected chi connectivity index (χ3v) is 4.37. The van der Waals surface area contributed by atoms with E-state index < -0.39 is 6.04 Å². The molecule has 0 spiro atoms. The number of rotatable bonds is 7. The van der Waals surface area contributed by atoms with E-state index in [1.54, 1.807) is 0 Å². The van der Waals surface area contributed by atoms with E-state index in [2.05, 4.69) is 24.4 Å². The third-order valence-electron chi connectivity index (χ3n) is 4.37. The number of anilines is 1. The molecule has 2 rings (SSSR count). The molecule has 1 aromatic carbocycles. The van der Waals surface area contributed by atoms with Gasteiger partial charge in [0.15, 0.2) is 0 Å². The van der Waals surface area contributed by atoms with E-state index in [1.165, 1.54) is 24.8 Å². The lowest BCUT2D eigenvalue weighted by molar-refractivity contribution is -0.119. The van der Waals surface area contributed by atoms with Crippen LogP contribution in [0.4, 0.5) is 5.69 Å². The highest BCUT2D eigenvalue weighted by atomic mass is 16.5. The molecule has 1 aromatic rings. The molecule has 0 radical (unpaired) electrons. The number of ether oxygens (including phenoxy) is 1. The Morgan fingerprint density at radius 2 is 1.95 bits per heavy atom. The molecule has 0 aliphatic carbocycles. The van der Waals surface area contributed by atoms with E-state index in [-0.39, 0.29) is 11.8 Å². The highest BCUT2D eigenvalue weighted by molar-refractivity contribution is 5.94. The Morgan fingerprint density at radius 3 is 2.59 bits per heavy atom. The molecular weight excluding hydrogens is 276 g/mol. The predicted molar refractivity (Wildman–Crippen MR) is 89.8 cm³/mol. The van der Waals surface area contributed by atoms with Crippen LogP contribution >= 0.6 is 0 Å². The van der Waals surface area contributed by atoms with Crippen LogP contribution < -0.4 is 11.1 Å². The zero-order valence-electron chi connectivity index (χ0n) is 13.5. The first-order chi connectivity index (χ1) is 10.7. The van der Waals surface area contributed by atoms with E-state index in [4.69, 9.17) is 10.5 Å². The second-order valence-corrected chi connectivity index (χ2v) is 6.12. The molecule has 1 fully saturated rings. The second-order valence-electron chi connectivity index (χ2n) is 6.12. The smallest absolute Gasteiger partial charge is 0.241 e. The number of benzene rings is 1. The topological polar surface area (TPSA) is 64.4 Å². The molecule has 1 amide bonds. The highest BCUT2D eigenvalue weighted by Gasteiger charge is 2.26. The molecule has 22 heavy (non-hydrogen) atoms. The van der Waals surface area contributed by atoms with Crippen LogP contribution in [0.3, 0.4) is 0 Å². The van der Waals surface area contributed by atoms with Crippen molar-refractivity contribution in [3.8, 4) is 0 Å². The number of nitrogens with one attached hydrogen (secondary N) is 1. The van der Waals surface area contributed by atoms with Gasteiger partial charge in [-0.15, -0.1) is 0 Å². The van der Waals surface area contributed by atoms with Crippen LogP contribution in [0.2, 0.25) is 0 Å². The summed E-state index contributed by atoms with van der Waals surface area (Å²) in [5.74, 6) is 0.132. The zero-order chi connectivity index (χ0) is 15.8. The first-order valence-corrected chi connectivity index (χ1v) is 8.44. The summed E-state index contributed by atoms with van der Waals surface area (Å²) in [6.07, 6.45) is 6.55. The molecule has 3 N–H and O–H groups in total. The van der Waals surface area contributed by atoms with Gasteiger partial charge in [0.2, 0.25) is 5.91 Å². The molecule has 1 aliphatic rings. The first-order valence-electron chi connectivity index (χ1n) is 8.44. The second kappa shape index (κ2) is 8.91. The molecule has 0 aromatic heterocycles. The average Bonchev–Trinajstić information content (AvgIpc) is 2.57. The predicted octanol–water partition coefficient (Wildman–Crippen LogP) is 3.11. The fraction of sp³-hybridized carbons (Fsp3) is 0.611. The molecule has 0 bridgehead atoms. The molecule has 4 heteroatoms. The standard InChI is InChI=1S/C18H28N2O2/c1-2-3-4-5-14-6-8-16(9-7-14)20-18(21)17(19)15-10-12-22-13-11-15/h6-9,15,17H,2-5,10-13,19H2,1H3,(H,20,21). The van der Waals surface area contributed by atoms with Gasteiger partial charge < -0.3 is 15.8 Å². The van der Waals surface area contributed by atoms with Crippen LogP contribution in [0.15, 0.2) is 24.3 Å². The summed E-state index contributed by atoms with van der Waals surface area (Å²) in [4.78, 5) is 12.2. The largest absolute Gasteiger partial charge is 0.381 e. The number of carbonyl (C=O) groups is 1. The maximum Gasteiger partial charge on any atom is 0.241 e. The van der Waals surface area contributed by atoms with Crippen molar-refractivity contribution < 1.29 is 9.53 Å². The normalized spacial score (nSPS) is 17.2. The fourth-order valence-electron chi connectivity index (χ4n) is 2.85. The molecule has 1 saturated heterocycles. The first kappa shape index (κ1) is 17.0. The minimum Gasteiger partial charge on any atom is -0.381 e. The lowest BCUT2D eigenvalue weighted by atomic mass is 9.92. The number of hydrogen-bond donors (Lipinski definition) is 2. The summed E-state index contributed by atoms with van der Waals surface area (Å²) < 4.78 is 5.31. The summed E-state index contributed by atoms with van der Waals surface area (Å²) in [5.41, 5.74) is 8.23. The van der Waals surface area contributed by atoms with E-state index >= 15 is 0 Å². The Kier molecular flexibility index (Phi) is 6.87. The van der Waals surface area contributed by atoms with Crippen LogP contribution in [0, 0.1) is 5.92 Å². The van der Waals surface area contributed by atoms with Crippen LogP contribution in [-0.4, -0.2) is 25.2 Å². The number of hydrogen-bond acceptors (Lipinski definition) is 3. The van der Waals surface area contributed by atoms with E-state index in [1.807, 2.05) is 12.1 Å². The lowest BCUT2D eigenvalue weighted by Gasteiger charge is -2.26. The van der Waals surface area contributed by atoms with E-state index in [0.717, 1.165) is 24.9 Å². The molecule has 1 aliphatic heterocycles. The maximum atomic E-state index is 12.2. The van der Waals surface area contributed by atoms with Crippen molar-refractivity contribution in [2.75, 3.05) is 18.5 Å². The van der Waals surface area contributed by atoms with Crippen LogP contribution in [-0.2, 0) is 16.0 Å². The van der Waals surface area contributed by atoms with Crippen LogP contribution in [0.5, 0.6) is 0 Å². The number of amides is 1. The van der Waals surface area contributed by atoms with Crippen molar-refractivity contribution in [2.45, 2.75) is 51.5 Å². The van der Waals surface area contributed by atoms with Crippen LogP contribution in [0.25, 0.3) is 0 Å². The van der Waals surface area contributed by atoms with E-state index in [9.17, 15) is 4.79 Å². The van der Waals surface area contributed by atoms with Crippen LogP contribution in [0.1, 0.15) is 44.6 Å². The molecule has 1 unspecified atom stereocenters. The minimum absolute atomic E-state index is 0.0920. The minimum atomic E-state index is -0.451. The van der Waals surface area contributed by atoms with Gasteiger partial charge in [0.05, 0.1) is 6.04 Å². The number of nitrogens with two attached hydrogens (primary N) is 1. The number of aryl methyl sites for hydroxylation is 1. The van der Waals surface area contributed by atoms with Crippen molar-refractivity contribution in [2.24, 2.45) is 11.7 Å². The van der Waals surface area contributed by atoms with Gasteiger partial charge in [-0.3, -0.25) is 4.79 Å². The van der Waals surface area contributed by atoms with Gasteiger partial charge in [-0.25, -0.2) is 0 Å². The molecular formula is C18H28N2O2. The van der Waals surface area contributed by atoms with Gasteiger partial charge >= 0.3 is 0 Å². The summed E-state index contributed by atoms with van der Waals surface area (Å²) in [7, 11) is 0. The average molecular weight is 304 g/mol. The van der Waals surface area contributed by atoms with Gasteiger partial charge in [-0.1, -0.05) is 31.9 Å². The van der Waals surface area contributed by atoms with Crippen molar-refractivity contribution >= 4 is 11.6 Å². The Morgan fingerprint density at radius 1 is 1.27 bits per heavy atom. The van der Waals surface area contributed by atoms with Crippen molar-refractivity contribution in [3.05, 3.63) is 29.8 Å². The van der Waals surface area contributed by atoms with Crippen molar-refractivity contribution in [1.82, 2.24) is 0 Å². The molecule has 4 nitrogen and oxygen atoms in total. The molecule has 1 heterocycles. The summed E-state index contributed by atoms with van der Waals surface area (Å²) in [5, 5.41) is 2.93. The van der Waals surface area contributed by atoms with Gasteiger partial charge in [-0.05, 0) is 49.3 Å².